The van der Waals surface area contributed by atoms with Gasteiger partial charge in [0.05, 0.1) is 6.10 Å². The van der Waals surface area contributed by atoms with Crippen LogP contribution in [0.2, 0.25) is 0 Å². The van der Waals surface area contributed by atoms with Crippen LogP contribution in [0.15, 0.2) is 0 Å². The summed E-state index contributed by atoms with van der Waals surface area (Å²) in [6.45, 7) is 7.20. The molecule has 0 radical (unpaired) electrons. The SMILES string of the molecule is CCCCCCCCCCCCSC(CCCCCCC)C(C)OCCCOCC(C(=O)O)=[P+]([O-])O. The highest BCUT2D eigenvalue weighted by Gasteiger charge is 2.20. The van der Waals surface area contributed by atoms with E-state index in [2.05, 4.69) is 32.5 Å². The number of rotatable bonds is 27. The van der Waals surface area contributed by atoms with Crippen LogP contribution in [-0.4, -0.2) is 58.2 Å². The van der Waals surface area contributed by atoms with Crippen molar-refractivity contribution in [1.29, 1.82) is 0 Å². The van der Waals surface area contributed by atoms with Crippen molar-refractivity contribution in [2.75, 3.05) is 25.6 Å². The van der Waals surface area contributed by atoms with Crippen molar-refractivity contribution in [2.24, 2.45) is 0 Å². The van der Waals surface area contributed by atoms with Crippen LogP contribution in [0.5, 0.6) is 0 Å². The second kappa shape index (κ2) is 26.4. The van der Waals surface area contributed by atoms with E-state index < -0.39 is 19.3 Å². The maximum Gasteiger partial charge on any atom is 0.379 e. The molecule has 0 fully saturated rings. The van der Waals surface area contributed by atoms with Crippen LogP contribution < -0.4 is 4.89 Å². The lowest BCUT2D eigenvalue weighted by Crippen LogP contribution is -2.25. The average Bonchev–Trinajstić information content (AvgIpc) is 2.84. The molecule has 0 aromatic carbocycles. The Balaban J connectivity index is 4.14. The highest BCUT2D eigenvalue weighted by atomic mass is 32.2. The summed E-state index contributed by atoms with van der Waals surface area (Å²) in [6.07, 6.45) is 22.0. The van der Waals surface area contributed by atoms with Gasteiger partial charge in [0.25, 0.3) is 5.29 Å². The third-order valence-corrected chi connectivity index (χ3v) is 8.83. The van der Waals surface area contributed by atoms with E-state index in [1.54, 1.807) is 0 Å². The Morgan fingerprint density at radius 2 is 1.36 bits per heavy atom. The van der Waals surface area contributed by atoms with E-state index >= 15 is 0 Å². The summed E-state index contributed by atoms with van der Waals surface area (Å²) in [4.78, 5) is 30.9. The van der Waals surface area contributed by atoms with E-state index in [0.717, 1.165) is 0 Å². The largest absolute Gasteiger partial charge is 0.603 e. The first-order valence-corrected chi connectivity index (χ1v) is 16.8. The van der Waals surface area contributed by atoms with Crippen molar-refractivity contribution >= 4 is 31.0 Å². The zero-order chi connectivity index (χ0) is 26.9. The number of ether oxygens (including phenoxy) is 2. The number of hydrogen-bond donors (Lipinski definition) is 2. The normalized spacial score (nSPS) is 14.0. The molecular weight excluding hydrogens is 495 g/mol. The molecule has 6 nitrogen and oxygen atoms in total. The van der Waals surface area contributed by atoms with Crippen LogP contribution in [0, 0.1) is 0 Å². The number of aliphatic carboxylic acids is 1. The van der Waals surface area contributed by atoms with E-state index in [9.17, 15) is 9.69 Å². The quantitative estimate of drug-likeness (QED) is 0.0831. The zero-order valence-corrected chi connectivity index (χ0v) is 25.1. The van der Waals surface area contributed by atoms with Gasteiger partial charge in [-0.1, -0.05) is 104 Å². The predicted octanol–water partition coefficient (Wildman–Crippen LogP) is 7.10. The number of carboxylic acids is 1. The van der Waals surface area contributed by atoms with Gasteiger partial charge in [0, 0.05) is 18.5 Å². The molecule has 0 heterocycles. The molecule has 8 heteroatoms. The first-order valence-electron chi connectivity index (χ1n) is 14.5. The summed E-state index contributed by atoms with van der Waals surface area (Å²) in [6, 6.07) is 0. The highest BCUT2D eigenvalue weighted by molar-refractivity contribution is 7.99. The van der Waals surface area contributed by atoms with Crippen molar-refractivity contribution < 1.29 is 29.2 Å². The molecule has 0 spiro atoms. The van der Waals surface area contributed by atoms with Gasteiger partial charge in [-0.15, -0.1) is 0 Å². The van der Waals surface area contributed by atoms with Crippen molar-refractivity contribution in [2.45, 2.75) is 141 Å². The van der Waals surface area contributed by atoms with Gasteiger partial charge >= 0.3 is 5.97 Å². The molecular formula is C28H55O6PS. The zero-order valence-electron chi connectivity index (χ0n) is 23.4. The maximum atomic E-state index is 11.0. The fraction of sp³-hybridized carbons (Fsp3) is 0.929. The Labute approximate surface area is 226 Å². The lowest BCUT2D eigenvalue weighted by molar-refractivity contribution is -0.168. The topological polar surface area (TPSA) is 99.1 Å². The molecule has 0 saturated heterocycles. The van der Waals surface area contributed by atoms with Gasteiger partial charge in [-0.25, -0.2) is 4.79 Å². The van der Waals surface area contributed by atoms with Crippen LogP contribution in [0.25, 0.3) is 0 Å². The molecule has 0 rings (SSSR count). The third-order valence-electron chi connectivity index (χ3n) is 6.48. The van der Waals surface area contributed by atoms with Crippen molar-refractivity contribution in [3.05, 3.63) is 0 Å². The highest BCUT2D eigenvalue weighted by Crippen LogP contribution is 2.25. The minimum Gasteiger partial charge on any atom is -0.603 e. The number of hydrogen-bond acceptors (Lipinski definition) is 6. The predicted molar refractivity (Wildman–Crippen MR) is 154 cm³/mol. The molecule has 36 heavy (non-hydrogen) atoms. The monoisotopic (exact) mass is 550 g/mol. The van der Waals surface area contributed by atoms with Crippen LogP contribution in [0.4, 0.5) is 0 Å². The van der Waals surface area contributed by atoms with Gasteiger partial charge in [-0.2, -0.15) is 16.7 Å². The summed E-state index contributed by atoms with van der Waals surface area (Å²) < 4.78 is 11.4. The molecule has 0 amide bonds. The summed E-state index contributed by atoms with van der Waals surface area (Å²) in [5.41, 5.74) is 0. The Bertz CT molecular complexity index is 542. The molecule has 2 N–H and O–H groups in total. The molecule has 3 unspecified atom stereocenters. The van der Waals surface area contributed by atoms with Crippen LogP contribution in [0.1, 0.15) is 130 Å². The molecule has 0 aliphatic rings. The molecule has 3 atom stereocenters. The van der Waals surface area contributed by atoms with E-state index in [0.29, 0.717) is 24.9 Å². The van der Waals surface area contributed by atoms with E-state index in [1.807, 2.05) is 0 Å². The van der Waals surface area contributed by atoms with Gasteiger partial charge in [0.2, 0.25) is 8.00 Å². The van der Waals surface area contributed by atoms with Crippen LogP contribution in [0.3, 0.4) is 0 Å². The minimum absolute atomic E-state index is 0.164. The molecule has 0 aromatic heterocycles. The Morgan fingerprint density at radius 3 is 1.89 bits per heavy atom. The Kier molecular flexibility index (Phi) is 26.3. The smallest absolute Gasteiger partial charge is 0.379 e. The van der Waals surface area contributed by atoms with Gasteiger partial charge in [0.15, 0.2) is 0 Å². The minimum atomic E-state index is -2.86. The average molecular weight is 551 g/mol. The molecule has 214 valence electrons. The second-order valence-electron chi connectivity index (χ2n) is 9.80. The maximum absolute atomic E-state index is 11.0. The second-order valence-corrected chi connectivity index (χ2v) is 12.2. The van der Waals surface area contributed by atoms with Crippen molar-refractivity contribution in [3.63, 3.8) is 0 Å². The van der Waals surface area contributed by atoms with Crippen molar-refractivity contribution in [1.82, 2.24) is 0 Å². The summed E-state index contributed by atoms with van der Waals surface area (Å²) >= 11 is 2.06. The molecule has 0 aromatic rings. The first kappa shape index (κ1) is 35.8. The number of carbonyl (C=O) groups is 1. The fourth-order valence-corrected chi connectivity index (χ4v) is 5.85. The molecule has 0 aliphatic carbocycles. The number of unbranched alkanes of at least 4 members (excludes halogenated alkanes) is 13. The molecule has 0 bridgehead atoms. The van der Waals surface area contributed by atoms with Gasteiger partial charge < -0.3 is 19.5 Å². The van der Waals surface area contributed by atoms with E-state index in [1.165, 1.54) is 108 Å². The van der Waals surface area contributed by atoms with Crippen molar-refractivity contribution in [3.8, 4) is 0 Å². The standard InChI is InChI=1S/C28H55O6PS/c1-4-6-8-10-11-12-13-14-16-18-23-36-27(20-17-15-9-7-5-2)25(3)34-22-19-21-33-24-26(28(29)30)35(31)32/h25,27H,4-24H2,1-3H3,(H,29,30)(H,31,32). The van der Waals surface area contributed by atoms with Gasteiger partial charge in [-0.05, 0) is 31.9 Å². The Hall–Kier alpha value is -0.170. The lowest BCUT2D eigenvalue weighted by atomic mass is 10.1. The van der Waals surface area contributed by atoms with Crippen LogP contribution in [-0.2, 0) is 14.3 Å². The van der Waals surface area contributed by atoms with Gasteiger partial charge in [-0.3, -0.25) is 0 Å². The van der Waals surface area contributed by atoms with Crippen LogP contribution >= 0.6 is 19.8 Å². The lowest BCUT2D eigenvalue weighted by Gasteiger charge is -2.24. The summed E-state index contributed by atoms with van der Waals surface area (Å²) in [7, 11) is -2.86. The van der Waals surface area contributed by atoms with E-state index in [-0.39, 0.29) is 12.7 Å². The number of carboxylic acid groups (broad SMARTS) is 1. The summed E-state index contributed by atoms with van der Waals surface area (Å²) in [5.74, 6) is -0.190. The van der Waals surface area contributed by atoms with Gasteiger partial charge in [0.1, 0.15) is 6.61 Å². The first-order chi connectivity index (χ1) is 17.4. The summed E-state index contributed by atoms with van der Waals surface area (Å²) in [5, 5.41) is 8.89. The third kappa shape index (κ3) is 21.9. The fourth-order valence-electron chi connectivity index (χ4n) is 4.13. The number of thioether (sulfide) groups is 1. The molecule has 0 aliphatic heterocycles. The van der Waals surface area contributed by atoms with E-state index in [4.69, 9.17) is 19.5 Å². The Morgan fingerprint density at radius 1 is 0.833 bits per heavy atom. The molecule has 0 saturated carbocycles.